The van der Waals surface area contributed by atoms with Gasteiger partial charge in [0.25, 0.3) is 0 Å². The van der Waals surface area contributed by atoms with Gasteiger partial charge in [-0.15, -0.1) is 0 Å². The number of carbonyl (C=O) groups excluding carboxylic acids is 1. The van der Waals surface area contributed by atoms with Crippen molar-refractivity contribution < 1.29 is 14.3 Å². The molecule has 1 aromatic heterocycles. The molecule has 42 heavy (non-hydrogen) atoms. The quantitative estimate of drug-likeness (QED) is 0.311. The van der Waals surface area contributed by atoms with E-state index >= 15 is 0 Å². The fourth-order valence-corrected chi connectivity index (χ4v) is 6.66. The maximum atomic E-state index is 12.5. The number of carbonyl (C=O) groups is 1. The van der Waals surface area contributed by atoms with Crippen molar-refractivity contribution in [2.24, 2.45) is 0 Å². The molecule has 0 saturated carbocycles. The van der Waals surface area contributed by atoms with Gasteiger partial charge in [0.1, 0.15) is 18.5 Å². The summed E-state index contributed by atoms with van der Waals surface area (Å²) < 4.78 is 12.8. The molecule has 3 aliphatic rings. The molecular formula is C33H38N6O3. The second kappa shape index (κ2) is 12.1. The van der Waals surface area contributed by atoms with Gasteiger partial charge >= 0.3 is 6.01 Å². The number of aryl methyl sites for hydroxylation is 1. The number of nitrogens with zero attached hydrogens (tertiary/aromatic N) is 6. The van der Waals surface area contributed by atoms with Gasteiger partial charge in [0.15, 0.2) is 0 Å². The van der Waals surface area contributed by atoms with E-state index in [9.17, 15) is 4.79 Å². The van der Waals surface area contributed by atoms with E-state index in [1.165, 1.54) is 34.4 Å². The number of hydrogen-bond acceptors (Lipinski definition) is 7. The van der Waals surface area contributed by atoms with E-state index in [4.69, 9.17) is 26.0 Å². The van der Waals surface area contributed by atoms with Gasteiger partial charge in [-0.05, 0) is 61.3 Å². The molecule has 0 N–H and O–H groups in total. The van der Waals surface area contributed by atoms with Crippen LogP contribution in [-0.2, 0) is 22.6 Å². The molecule has 9 heteroatoms. The van der Waals surface area contributed by atoms with E-state index in [0.29, 0.717) is 51.3 Å². The molecule has 3 aliphatic heterocycles. The number of amides is 1. The first kappa shape index (κ1) is 28.1. The molecule has 0 bridgehead atoms. The van der Waals surface area contributed by atoms with Crippen molar-refractivity contribution >= 4 is 22.5 Å². The van der Waals surface area contributed by atoms with Crippen LogP contribution in [0.1, 0.15) is 41.3 Å². The number of fused-ring (bicyclic) bond motifs is 2. The van der Waals surface area contributed by atoms with Crippen molar-refractivity contribution in [2.75, 3.05) is 51.3 Å². The molecule has 3 aromatic rings. The number of rotatable bonds is 7. The predicted molar refractivity (Wildman–Crippen MR) is 162 cm³/mol. The van der Waals surface area contributed by atoms with Gasteiger partial charge in [0, 0.05) is 37.7 Å². The highest BCUT2D eigenvalue weighted by Crippen LogP contribution is 2.38. The molecule has 0 spiro atoms. The van der Waals surface area contributed by atoms with E-state index in [0.717, 1.165) is 30.0 Å². The molecule has 2 aromatic carbocycles. The van der Waals surface area contributed by atoms with Gasteiger partial charge in [-0.2, -0.15) is 9.97 Å². The lowest BCUT2D eigenvalue weighted by atomic mass is 9.92. The molecule has 0 aliphatic carbocycles. The zero-order chi connectivity index (χ0) is 29.2. The van der Waals surface area contributed by atoms with Crippen LogP contribution in [0.4, 0.5) is 5.82 Å². The van der Waals surface area contributed by atoms with E-state index in [1.807, 2.05) is 0 Å². The summed E-state index contributed by atoms with van der Waals surface area (Å²) in [5, 5.41) is 2.43. The van der Waals surface area contributed by atoms with Crippen molar-refractivity contribution in [3.8, 4) is 6.01 Å². The molecule has 1 amide bonds. The first-order valence-corrected chi connectivity index (χ1v) is 14.8. The number of hydrogen-bond donors (Lipinski definition) is 0. The van der Waals surface area contributed by atoms with E-state index in [2.05, 4.69) is 71.6 Å². The Morgan fingerprint density at radius 1 is 1.19 bits per heavy atom. The number of likely N-dealkylation sites (N-methyl/N-ethyl adjacent to an activating group) is 1. The van der Waals surface area contributed by atoms with Crippen LogP contribution in [0.3, 0.4) is 0 Å². The summed E-state index contributed by atoms with van der Waals surface area (Å²) in [6.07, 6.45) is 4.06. The van der Waals surface area contributed by atoms with Gasteiger partial charge in [-0.1, -0.05) is 43.0 Å². The SMILES string of the molecule is [C-]#[N+]C[C@H]1CN(c2nc(OC[C@@H]3CCCN3C)nc3c2CO[C@H](c2cccc4cccc(C)c24)C3)CCN1C(=O)C=C. The molecule has 2 fully saturated rings. The maximum Gasteiger partial charge on any atom is 0.318 e. The average molecular weight is 567 g/mol. The largest absolute Gasteiger partial charge is 0.462 e. The summed E-state index contributed by atoms with van der Waals surface area (Å²) in [6.45, 7) is 17.1. The van der Waals surface area contributed by atoms with Gasteiger partial charge in [0.05, 0.1) is 18.4 Å². The molecule has 3 atom stereocenters. The summed E-state index contributed by atoms with van der Waals surface area (Å²) in [7, 11) is 2.13. The molecule has 2 saturated heterocycles. The third kappa shape index (κ3) is 5.44. The van der Waals surface area contributed by atoms with Gasteiger partial charge < -0.3 is 29.0 Å². The maximum absolute atomic E-state index is 12.5. The first-order valence-electron chi connectivity index (χ1n) is 14.8. The third-order valence-corrected chi connectivity index (χ3v) is 8.97. The summed E-state index contributed by atoms with van der Waals surface area (Å²) in [6, 6.07) is 13.2. The highest BCUT2D eigenvalue weighted by molar-refractivity contribution is 5.89. The lowest BCUT2D eigenvalue weighted by molar-refractivity contribution is -0.128. The minimum atomic E-state index is -0.250. The monoisotopic (exact) mass is 566 g/mol. The van der Waals surface area contributed by atoms with Crippen molar-refractivity contribution in [3.05, 3.63) is 82.9 Å². The third-order valence-electron chi connectivity index (χ3n) is 8.97. The number of aromatic nitrogens is 2. The van der Waals surface area contributed by atoms with Crippen molar-refractivity contribution in [1.29, 1.82) is 0 Å². The Morgan fingerprint density at radius 2 is 2.02 bits per heavy atom. The van der Waals surface area contributed by atoms with E-state index in [-0.39, 0.29) is 24.6 Å². The molecule has 4 heterocycles. The topological polar surface area (TPSA) is 75.4 Å². The zero-order valence-electron chi connectivity index (χ0n) is 24.5. The van der Waals surface area contributed by atoms with E-state index < -0.39 is 0 Å². The Kier molecular flexibility index (Phi) is 8.09. The standard InChI is InChI=1S/C33H38N6O3/c1-5-30(40)39-16-15-38(19-25(39)18-34-3)32-27-21-41-29(26-13-7-11-23-10-6-9-22(2)31(23)26)17-28(27)35-33(36-32)42-20-24-12-8-14-37(24)4/h5-7,9-11,13,24-25,29H,1,8,12,14-21H2,2,4H3/t24-,25-,29-/m0/s1. The number of anilines is 1. The smallest absolute Gasteiger partial charge is 0.318 e. The summed E-state index contributed by atoms with van der Waals surface area (Å²) >= 11 is 0. The lowest BCUT2D eigenvalue weighted by Crippen LogP contribution is -2.56. The molecule has 9 nitrogen and oxygen atoms in total. The number of likely N-dealkylation sites (tertiary alicyclic amines) is 1. The summed E-state index contributed by atoms with van der Waals surface area (Å²) in [5.41, 5.74) is 4.28. The Morgan fingerprint density at radius 3 is 2.79 bits per heavy atom. The van der Waals surface area contributed by atoms with Crippen LogP contribution >= 0.6 is 0 Å². The second-order valence-electron chi connectivity index (χ2n) is 11.5. The predicted octanol–water partition coefficient (Wildman–Crippen LogP) is 4.35. The fraction of sp³-hybridized carbons (Fsp3) is 0.455. The Bertz CT molecular complexity index is 1530. The first-order chi connectivity index (χ1) is 20.5. The highest BCUT2D eigenvalue weighted by atomic mass is 16.5. The number of ether oxygens (including phenoxy) is 2. The van der Waals surface area contributed by atoms with Crippen LogP contribution in [0.2, 0.25) is 0 Å². The fourth-order valence-electron chi connectivity index (χ4n) is 6.66. The zero-order valence-corrected chi connectivity index (χ0v) is 24.5. The Labute approximate surface area is 247 Å². The van der Waals surface area contributed by atoms with Crippen LogP contribution in [-0.4, -0.2) is 84.1 Å². The van der Waals surface area contributed by atoms with E-state index in [1.54, 1.807) is 4.90 Å². The van der Waals surface area contributed by atoms with Crippen LogP contribution in [0.15, 0.2) is 49.1 Å². The number of piperazine rings is 1. The molecule has 6 rings (SSSR count). The van der Waals surface area contributed by atoms with Crippen LogP contribution < -0.4 is 9.64 Å². The van der Waals surface area contributed by atoms with Gasteiger partial charge in [0.2, 0.25) is 12.5 Å². The van der Waals surface area contributed by atoms with Crippen molar-refractivity contribution in [3.63, 3.8) is 0 Å². The molecule has 0 radical (unpaired) electrons. The summed E-state index contributed by atoms with van der Waals surface area (Å²) in [4.78, 5) is 32.3. The minimum Gasteiger partial charge on any atom is -0.462 e. The second-order valence-corrected chi connectivity index (χ2v) is 11.5. The van der Waals surface area contributed by atoms with Gasteiger partial charge in [-0.3, -0.25) is 4.79 Å². The molecule has 218 valence electrons. The minimum absolute atomic E-state index is 0.143. The average Bonchev–Trinajstić information content (AvgIpc) is 3.43. The van der Waals surface area contributed by atoms with Gasteiger partial charge in [-0.25, -0.2) is 6.57 Å². The summed E-state index contributed by atoms with van der Waals surface area (Å²) in [5.74, 6) is 0.636. The van der Waals surface area contributed by atoms with Crippen molar-refractivity contribution in [2.45, 2.75) is 51.0 Å². The molecular weight excluding hydrogens is 528 g/mol. The van der Waals surface area contributed by atoms with Crippen LogP contribution in [0.25, 0.3) is 15.6 Å². The van der Waals surface area contributed by atoms with Crippen molar-refractivity contribution in [1.82, 2.24) is 19.8 Å². The Balaban J connectivity index is 1.34. The number of benzene rings is 2. The Hall–Kier alpha value is -4.00. The van der Waals surface area contributed by atoms with Crippen LogP contribution in [0, 0.1) is 13.5 Å². The lowest BCUT2D eigenvalue weighted by Gasteiger charge is -2.40. The normalized spacial score (nSPS) is 22.5. The van der Waals surface area contributed by atoms with Crippen LogP contribution in [0.5, 0.6) is 6.01 Å². The highest BCUT2D eigenvalue weighted by Gasteiger charge is 2.35. The molecule has 0 unspecified atom stereocenters.